The van der Waals surface area contributed by atoms with E-state index < -0.39 is 4.92 Å². The first kappa shape index (κ1) is 12.7. The van der Waals surface area contributed by atoms with E-state index in [0.717, 1.165) is 6.54 Å². The fourth-order valence-corrected chi connectivity index (χ4v) is 1.67. The van der Waals surface area contributed by atoms with Gasteiger partial charge in [-0.3, -0.25) is 10.1 Å². The highest BCUT2D eigenvalue weighted by atomic mass is 16.6. The minimum atomic E-state index is -0.498. The van der Waals surface area contributed by atoms with Crippen LogP contribution in [0.1, 0.15) is 5.69 Å². The molecule has 0 aromatic carbocycles. The highest BCUT2D eigenvalue weighted by Gasteiger charge is 2.20. The summed E-state index contributed by atoms with van der Waals surface area (Å²) in [6.07, 6.45) is -0.0966. The molecule has 0 saturated carbocycles. The lowest BCUT2D eigenvalue weighted by Crippen LogP contribution is -2.41. The van der Waals surface area contributed by atoms with Gasteiger partial charge in [0.1, 0.15) is 12.7 Å². The standard InChI is InChI=1S/C11H15N3O4/c1-8-2-3-10(14(15)16)11(13-8)18-7-9-6-12-4-5-17-9/h2-3,9,12H,4-7H2,1H3. The second kappa shape index (κ2) is 5.74. The Morgan fingerprint density at radius 1 is 1.67 bits per heavy atom. The van der Waals surface area contributed by atoms with Gasteiger partial charge in [0.05, 0.1) is 11.5 Å². The van der Waals surface area contributed by atoms with E-state index in [9.17, 15) is 10.1 Å². The normalized spacial score (nSPS) is 19.5. The van der Waals surface area contributed by atoms with E-state index in [1.807, 2.05) is 0 Å². The lowest BCUT2D eigenvalue weighted by Gasteiger charge is -2.23. The predicted molar refractivity (Wildman–Crippen MR) is 63.7 cm³/mol. The van der Waals surface area contributed by atoms with Crippen molar-refractivity contribution in [3.05, 3.63) is 27.9 Å². The third kappa shape index (κ3) is 3.14. The molecule has 1 aliphatic rings. The average Bonchev–Trinajstić information content (AvgIpc) is 2.37. The van der Waals surface area contributed by atoms with E-state index in [1.54, 1.807) is 13.0 Å². The van der Waals surface area contributed by atoms with Crippen LogP contribution in [0.2, 0.25) is 0 Å². The van der Waals surface area contributed by atoms with Gasteiger partial charge < -0.3 is 14.8 Å². The number of morpholine rings is 1. The van der Waals surface area contributed by atoms with Gasteiger partial charge in [-0.2, -0.15) is 0 Å². The van der Waals surface area contributed by atoms with Gasteiger partial charge in [0, 0.05) is 24.8 Å². The van der Waals surface area contributed by atoms with Crippen LogP contribution in [0, 0.1) is 17.0 Å². The summed E-state index contributed by atoms with van der Waals surface area (Å²) in [6, 6.07) is 2.99. The number of rotatable bonds is 4. The lowest BCUT2D eigenvalue weighted by molar-refractivity contribution is -0.386. The molecule has 1 aromatic heterocycles. The Hall–Kier alpha value is -1.73. The molecule has 1 aromatic rings. The molecule has 0 bridgehead atoms. The van der Waals surface area contributed by atoms with Crippen molar-refractivity contribution < 1.29 is 14.4 Å². The Balaban J connectivity index is 2.03. The van der Waals surface area contributed by atoms with Gasteiger partial charge in [-0.05, 0) is 13.0 Å². The van der Waals surface area contributed by atoms with Crippen molar-refractivity contribution in [3.8, 4) is 5.88 Å². The Morgan fingerprint density at radius 3 is 3.17 bits per heavy atom. The molecule has 0 aliphatic carbocycles. The van der Waals surface area contributed by atoms with Crippen molar-refractivity contribution in [2.75, 3.05) is 26.3 Å². The molecule has 1 atom stereocenters. The number of nitrogens with zero attached hydrogens (tertiary/aromatic N) is 2. The van der Waals surface area contributed by atoms with Crippen LogP contribution in [0.25, 0.3) is 0 Å². The highest BCUT2D eigenvalue weighted by Crippen LogP contribution is 2.24. The summed E-state index contributed by atoms with van der Waals surface area (Å²) >= 11 is 0. The van der Waals surface area contributed by atoms with Crippen molar-refractivity contribution in [1.29, 1.82) is 0 Å². The molecule has 18 heavy (non-hydrogen) atoms. The lowest BCUT2D eigenvalue weighted by atomic mass is 10.3. The largest absolute Gasteiger partial charge is 0.470 e. The molecule has 1 unspecified atom stereocenters. The molecule has 98 valence electrons. The minimum Gasteiger partial charge on any atom is -0.470 e. The third-order valence-corrected chi connectivity index (χ3v) is 2.59. The monoisotopic (exact) mass is 253 g/mol. The summed E-state index contributed by atoms with van der Waals surface area (Å²) in [5, 5.41) is 14.0. The van der Waals surface area contributed by atoms with E-state index in [4.69, 9.17) is 9.47 Å². The second-order valence-electron chi connectivity index (χ2n) is 4.04. The first-order chi connectivity index (χ1) is 8.66. The smallest absolute Gasteiger partial charge is 0.330 e. The Labute approximate surface area is 104 Å². The van der Waals surface area contributed by atoms with Crippen LogP contribution in [0.3, 0.4) is 0 Å². The van der Waals surface area contributed by atoms with Crippen LogP contribution in [0.5, 0.6) is 5.88 Å². The van der Waals surface area contributed by atoms with E-state index >= 15 is 0 Å². The molecular weight excluding hydrogens is 238 g/mol. The zero-order valence-electron chi connectivity index (χ0n) is 10.1. The van der Waals surface area contributed by atoms with Gasteiger partial charge in [0.25, 0.3) is 5.88 Å². The number of pyridine rings is 1. The van der Waals surface area contributed by atoms with Gasteiger partial charge >= 0.3 is 5.69 Å². The topological polar surface area (TPSA) is 86.5 Å². The van der Waals surface area contributed by atoms with E-state index in [0.29, 0.717) is 18.8 Å². The molecule has 0 amide bonds. The van der Waals surface area contributed by atoms with Gasteiger partial charge in [0.2, 0.25) is 0 Å². The Morgan fingerprint density at radius 2 is 2.50 bits per heavy atom. The Bertz CT molecular complexity index is 432. The third-order valence-electron chi connectivity index (χ3n) is 2.59. The van der Waals surface area contributed by atoms with E-state index in [2.05, 4.69) is 10.3 Å². The number of ether oxygens (including phenoxy) is 2. The molecule has 1 fully saturated rings. The summed E-state index contributed by atoms with van der Waals surface area (Å²) in [6.45, 7) is 4.13. The van der Waals surface area contributed by atoms with Gasteiger partial charge in [-0.15, -0.1) is 0 Å². The average molecular weight is 253 g/mol. The molecule has 7 heteroatoms. The highest BCUT2D eigenvalue weighted by molar-refractivity contribution is 5.41. The quantitative estimate of drug-likeness (QED) is 0.626. The summed E-state index contributed by atoms with van der Waals surface area (Å²) in [5.41, 5.74) is 0.558. The molecule has 0 radical (unpaired) electrons. The van der Waals surface area contributed by atoms with Crippen LogP contribution >= 0.6 is 0 Å². The number of aromatic nitrogens is 1. The number of nitro groups is 1. The maximum Gasteiger partial charge on any atom is 0.330 e. The van der Waals surface area contributed by atoms with Crippen LogP contribution < -0.4 is 10.1 Å². The zero-order valence-corrected chi connectivity index (χ0v) is 10.1. The fourth-order valence-electron chi connectivity index (χ4n) is 1.67. The van der Waals surface area contributed by atoms with Crippen LogP contribution in [0.15, 0.2) is 12.1 Å². The van der Waals surface area contributed by atoms with Gasteiger partial charge in [-0.25, -0.2) is 4.98 Å². The van der Waals surface area contributed by atoms with E-state index in [-0.39, 0.29) is 24.3 Å². The van der Waals surface area contributed by atoms with Crippen molar-refractivity contribution in [1.82, 2.24) is 10.3 Å². The first-order valence-corrected chi connectivity index (χ1v) is 5.74. The molecule has 1 aliphatic heterocycles. The fraction of sp³-hybridized carbons (Fsp3) is 0.545. The van der Waals surface area contributed by atoms with Crippen LogP contribution in [-0.2, 0) is 4.74 Å². The molecule has 2 heterocycles. The van der Waals surface area contributed by atoms with Crippen molar-refractivity contribution >= 4 is 5.69 Å². The van der Waals surface area contributed by atoms with Gasteiger partial charge in [-0.1, -0.05) is 0 Å². The van der Waals surface area contributed by atoms with Crippen molar-refractivity contribution in [2.45, 2.75) is 13.0 Å². The maximum absolute atomic E-state index is 10.8. The summed E-state index contributed by atoms with van der Waals surface area (Å²) < 4.78 is 10.8. The second-order valence-corrected chi connectivity index (χ2v) is 4.04. The van der Waals surface area contributed by atoms with Crippen molar-refractivity contribution in [3.63, 3.8) is 0 Å². The SMILES string of the molecule is Cc1ccc([N+](=O)[O-])c(OCC2CNCCO2)n1. The molecular formula is C11H15N3O4. The van der Waals surface area contributed by atoms with Gasteiger partial charge in [0.15, 0.2) is 0 Å². The molecule has 7 nitrogen and oxygen atoms in total. The first-order valence-electron chi connectivity index (χ1n) is 5.74. The van der Waals surface area contributed by atoms with Crippen molar-refractivity contribution in [2.24, 2.45) is 0 Å². The number of hydrogen-bond acceptors (Lipinski definition) is 6. The molecule has 1 N–H and O–H groups in total. The summed E-state index contributed by atoms with van der Waals surface area (Å²) in [5.74, 6) is 0.0502. The predicted octanol–water partition coefficient (Wildman–Crippen LogP) is 0.665. The number of aryl methyl sites for hydroxylation is 1. The number of nitrogens with one attached hydrogen (secondary N) is 1. The summed E-state index contributed by atoms with van der Waals surface area (Å²) in [4.78, 5) is 14.4. The van der Waals surface area contributed by atoms with Crippen LogP contribution in [-0.4, -0.2) is 42.3 Å². The molecule has 2 rings (SSSR count). The maximum atomic E-state index is 10.8. The summed E-state index contributed by atoms with van der Waals surface area (Å²) in [7, 11) is 0. The minimum absolute atomic E-state index is 0.0502. The Kier molecular flexibility index (Phi) is 4.06. The van der Waals surface area contributed by atoms with Crippen LogP contribution in [0.4, 0.5) is 5.69 Å². The number of hydrogen-bond donors (Lipinski definition) is 1. The zero-order chi connectivity index (χ0) is 13.0. The van der Waals surface area contributed by atoms with E-state index in [1.165, 1.54) is 6.07 Å². The molecule has 0 spiro atoms. The molecule has 1 saturated heterocycles.